The van der Waals surface area contributed by atoms with Crippen LogP contribution in [0.15, 0.2) is 42.6 Å². The van der Waals surface area contributed by atoms with E-state index in [9.17, 15) is 9.18 Å². The number of nitrogens with zero attached hydrogens (tertiary/aromatic N) is 5. The number of nitrogens with one attached hydrogen (secondary N) is 1. The van der Waals surface area contributed by atoms with Gasteiger partial charge in [0.1, 0.15) is 17.3 Å². The van der Waals surface area contributed by atoms with E-state index in [-0.39, 0.29) is 18.3 Å². The molecule has 0 spiro atoms. The van der Waals surface area contributed by atoms with Crippen molar-refractivity contribution in [3.63, 3.8) is 0 Å². The summed E-state index contributed by atoms with van der Waals surface area (Å²) in [5, 5.41) is 11.8. The molecule has 150 valence electrons. The second-order valence-electron chi connectivity index (χ2n) is 6.81. The van der Waals surface area contributed by atoms with Gasteiger partial charge in [0.2, 0.25) is 0 Å². The number of amides is 1. The molecular weight excluding hydrogens is 395 g/mol. The Hall–Kier alpha value is -2.84. The van der Waals surface area contributed by atoms with Crippen molar-refractivity contribution >= 4 is 17.5 Å². The molecule has 1 aliphatic heterocycles. The molecule has 0 atom stereocenters. The molecule has 29 heavy (non-hydrogen) atoms. The van der Waals surface area contributed by atoms with Crippen LogP contribution in [0.3, 0.4) is 0 Å². The van der Waals surface area contributed by atoms with Crippen LogP contribution in [0.2, 0.25) is 5.02 Å². The molecule has 1 aliphatic rings. The van der Waals surface area contributed by atoms with E-state index in [2.05, 4.69) is 25.4 Å². The number of carbonyl (C=O) groups is 1. The van der Waals surface area contributed by atoms with Gasteiger partial charge in [-0.3, -0.25) is 14.7 Å². The molecule has 0 saturated heterocycles. The fourth-order valence-electron chi connectivity index (χ4n) is 3.37. The topological polar surface area (TPSA) is 75.9 Å². The SMILES string of the molecule is O=C(NCc1nnc2n1CCN(Cc1c(F)cccc1Cl)CC2)c1ccccn1. The molecule has 1 aromatic carbocycles. The number of fused-ring (bicyclic) bond motifs is 1. The summed E-state index contributed by atoms with van der Waals surface area (Å²) in [6, 6.07) is 9.92. The third-order valence-corrected chi connectivity index (χ3v) is 5.30. The van der Waals surface area contributed by atoms with Crippen molar-refractivity contribution in [1.82, 2.24) is 30.0 Å². The minimum atomic E-state index is -0.293. The molecule has 0 radical (unpaired) electrons. The molecular formula is C20H20ClFN6O. The molecule has 0 unspecified atom stereocenters. The lowest BCUT2D eigenvalue weighted by molar-refractivity contribution is 0.0944. The van der Waals surface area contributed by atoms with E-state index in [1.807, 2.05) is 4.57 Å². The Morgan fingerprint density at radius 1 is 1.14 bits per heavy atom. The Labute approximate surface area is 172 Å². The summed E-state index contributed by atoms with van der Waals surface area (Å²) in [5.41, 5.74) is 0.866. The molecule has 2 aromatic heterocycles. The maximum absolute atomic E-state index is 14.1. The number of halogens is 2. The average Bonchev–Trinajstić information content (AvgIpc) is 3.01. The van der Waals surface area contributed by atoms with E-state index in [4.69, 9.17) is 11.6 Å². The van der Waals surface area contributed by atoms with E-state index < -0.39 is 0 Å². The lowest BCUT2D eigenvalue weighted by Crippen LogP contribution is -2.28. The van der Waals surface area contributed by atoms with Gasteiger partial charge in [-0.2, -0.15) is 0 Å². The summed E-state index contributed by atoms with van der Waals surface area (Å²) in [7, 11) is 0. The minimum absolute atomic E-state index is 0.257. The van der Waals surface area contributed by atoms with Crippen LogP contribution in [0.1, 0.15) is 27.7 Å². The van der Waals surface area contributed by atoms with Crippen LogP contribution >= 0.6 is 11.6 Å². The zero-order valence-corrected chi connectivity index (χ0v) is 16.4. The fraction of sp³-hybridized carbons (Fsp3) is 0.300. The molecule has 3 aromatic rings. The van der Waals surface area contributed by atoms with E-state index >= 15 is 0 Å². The lowest BCUT2D eigenvalue weighted by Gasteiger charge is -2.20. The molecule has 0 aliphatic carbocycles. The van der Waals surface area contributed by atoms with Gasteiger partial charge in [-0.1, -0.05) is 23.7 Å². The normalized spacial score (nSPS) is 14.3. The van der Waals surface area contributed by atoms with E-state index in [1.165, 1.54) is 6.07 Å². The fourth-order valence-corrected chi connectivity index (χ4v) is 3.59. The number of hydrogen-bond donors (Lipinski definition) is 1. The molecule has 7 nitrogen and oxygen atoms in total. The van der Waals surface area contributed by atoms with Crippen LogP contribution in [0.4, 0.5) is 4.39 Å². The first-order chi connectivity index (χ1) is 14.1. The molecule has 0 fully saturated rings. The van der Waals surface area contributed by atoms with Crippen LogP contribution in [-0.4, -0.2) is 43.6 Å². The van der Waals surface area contributed by atoms with Crippen LogP contribution in [0, 0.1) is 5.82 Å². The highest BCUT2D eigenvalue weighted by Crippen LogP contribution is 2.22. The Bertz CT molecular complexity index is 989. The Kier molecular flexibility index (Phi) is 5.82. The maximum Gasteiger partial charge on any atom is 0.270 e. The third kappa shape index (κ3) is 4.44. The van der Waals surface area contributed by atoms with Gasteiger partial charge in [-0.05, 0) is 24.3 Å². The number of carbonyl (C=O) groups excluding carboxylic acids is 1. The molecule has 4 rings (SSSR count). The van der Waals surface area contributed by atoms with Crippen molar-refractivity contribution in [2.75, 3.05) is 13.1 Å². The molecule has 9 heteroatoms. The van der Waals surface area contributed by atoms with Gasteiger partial charge in [0.25, 0.3) is 5.91 Å². The quantitative estimate of drug-likeness (QED) is 0.694. The second kappa shape index (κ2) is 8.67. The zero-order valence-electron chi connectivity index (χ0n) is 15.7. The summed E-state index contributed by atoms with van der Waals surface area (Å²) >= 11 is 6.16. The number of rotatable bonds is 5. The van der Waals surface area contributed by atoms with Crippen LogP contribution in [0.25, 0.3) is 0 Å². The molecule has 3 heterocycles. The predicted octanol–water partition coefficient (Wildman–Crippen LogP) is 2.45. The Morgan fingerprint density at radius 2 is 2.03 bits per heavy atom. The first-order valence-corrected chi connectivity index (χ1v) is 9.75. The van der Waals surface area contributed by atoms with Crippen molar-refractivity contribution in [2.45, 2.75) is 26.1 Å². The van der Waals surface area contributed by atoms with Gasteiger partial charge in [0.15, 0.2) is 5.82 Å². The average molecular weight is 415 g/mol. The van der Waals surface area contributed by atoms with Gasteiger partial charge < -0.3 is 9.88 Å². The van der Waals surface area contributed by atoms with E-state index in [0.29, 0.717) is 48.2 Å². The van der Waals surface area contributed by atoms with Gasteiger partial charge >= 0.3 is 0 Å². The summed E-state index contributed by atoms with van der Waals surface area (Å²) in [6.07, 6.45) is 2.27. The Balaban J connectivity index is 1.40. The summed E-state index contributed by atoms with van der Waals surface area (Å²) in [5.74, 6) is 0.996. The van der Waals surface area contributed by atoms with Gasteiger partial charge in [0, 0.05) is 49.4 Å². The molecule has 0 bridgehead atoms. The van der Waals surface area contributed by atoms with Gasteiger partial charge in [0.05, 0.1) is 6.54 Å². The van der Waals surface area contributed by atoms with Crippen LogP contribution in [0.5, 0.6) is 0 Å². The standard InChI is InChI=1S/C20H20ClFN6O/c21-15-4-3-5-16(22)14(15)13-27-9-7-18-25-26-19(28(18)11-10-27)12-24-20(29)17-6-1-2-8-23-17/h1-6,8H,7,9-13H2,(H,24,29). The van der Waals surface area contributed by atoms with Crippen molar-refractivity contribution < 1.29 is 9.18 Å². The minimum Gasteiger partial charge on any atom is -0.343 e. The summed E-state index contributed by atoms with van der Waals surface area (Å²) in [4.78, 5) is 18.4. The second-order valence-corrected chi connectivity index (χ2v) is 7.22. The monoisotopic (exact) mass is 414 g/mol. The van der Waals surface area contributed by atoms with Crippen molar-refractivity contribution in [3.05, 3.63) is 76.3 Å². The van der Waals surface area contributed by atoms with E-state index in [1.54, 1.807) is 36.5 Å². The highest BCUT2D eigenvalue weighted by molar-refractivity contribution is 6.31. The molecule has 1 N–H and O–H groups in total. The number of aromatic nitrogens is 4. The highest BCUT2D eigenvalue weighted by Gasteiger charge is 2.21. The van der Waals surface area contributed by atoms with Crippen molar-refractivity contribution in [2.24, 2.45) is 0 Å². The zero-order chi connectivity index (χ0) is 20.2. The molecule has 1 amide bonds. The summed E-state index contributed by atoms with van der Waals surface area (Å²) in [6.45, 7) is 2.79. The first-order valence-electron chi connectivity index (χ1n) is 9.37. The third-order valence-electron chi connectivity index (χ3n) is 4.94. The van der Waals surface area contributed by atoms with E-state index in [0.717, 1.165) is 12.4 Å². The lowest BCUT2D eigenvalue weighted by atomic mass is 10.2. The van der Waals surface area contributed by atoms with Crippen molar-refractivity contribution in [1.29, 1.82) is 0 Å². The Morgan fingerprint density at radius 3 is 2.83 bits per heavy atom. The van der Waals surface area contributed by atoms with Crippen LogP contribution in [-0.2, 0) is 26.1 Å². The van der Waals surface area contributed by atoms with Crippen LogP contribution < -0.4 is 5.32 Å². The first kappa shape index (κ1) is 19.5. The molecule has 0 saturated carbocycles. The number of hydrogen-bond acceptors (Lipinski definition) is 5. The number of pyridine rings is 1. The highest BCUT2D eigenvalue weighted by atomic mass is 35.5. The van der Waals surface area contributed by atoms with Gasteiger partial charge in [-0.15, -0.1) is 10.2 Å². The maximum atomic E-state index is 14.1. The summed E-state index contributed by atoms with van der Waals surface area (Å²) < 4.78 is 16.1. The van der Waals surface area contributed by atoms with Gasteiger partial charge in [-0.25, -0.2) is 4.39 Å². The smallest absolute Gasteiger partial charge is 0.270 e. The van der Waals surface area contributed by atoms with Crippen molar-refractivity contribution in [3.8, 4) is 0 Å². The largest absolute Gasteiger partial charge is 0.343 e. The predicted molar refractivity (Wildman–Crippen MR) is 106 cm³/mol. The number of benzene rings is 1.